The lowest BCUT2D eigenvalue weighted by Crippen LogP contribution is -2.06. The van der Waals surface area contributed by atoms with Gasteiger partial charge in [-0.25, -0.2) is 13.8 Å². The number of hydrogen-bond acceptors (Lipinski definition) is 2. The first-order chi connectivity index (χ1) is 6.77. The molecule has 0 aliphatic rings. The SMILES string of the molecule is FC(F)Cn1ccnc1-c1cccs1. The molecule has 0 unspecified atom stereocenters. The molecule has 0 amide bonds. The fourth-order valence-electron chi connectivity index (χ4n) is 1.24. The van der Waals surface area contributed by atoms with Crippen LogP contribution in [0.15, 0.2) is 29.9 Å². The Morgan fingerprint density at radius 3 is 3.00 bits per heavy atom. The second kappa shape index (κ2) is 3.88. The monoisotopic (exact) mass is 214 g/mol. The van der Waals surface area contributed by atoms with Gasteiger partial charge in [0.25, 0.3) is 6.43 Å². The van der Waals surface area contributed by atoms with Gasteiger partial charge in [-0.2, -0.15) is 0 Å². The molecule has 0 saturated heterocycles. The molecule has 2 aromatic rings. The van der Waals surface area contributed by atoms with Crippen LogP contribution in [0.25, 0.3) is 10.7 Å². The van der Waals surface area contributed by atoms with Crippen molar-refractivity contribution in [1.29, 1.82) is 0 Å². The first-order valence-electron chi connectivity index (χ1n) is 4.10. The molecule has 0 radical (unpaired) electrons. The van der Waals surface area contributed by atoms with Crippen molar-refractivity contribution in [3.63, 3.8) is 0 Å². The molecule has 0 bridgehead atoms. The van der Waals surface area contributed by atoms with E-state index in [0.29, 0.717) is 5.82 Å². The molecule has 2 rings (SSSR count). The highest BCUT2D eigenvalue weighted by molar-refractivity contribution is 7.13. The second-order valence-electron chi connectivity index (χ2n) is 2.77. The topological polar surface area (TPSA) is 17.8 Å². The lowest BCUT2D eigenvalue weighted by Gasteiger charge is -2.04. The summed E-state index contributed by atoms with van der Waals surface area (Å²) in [6.45, 7) is -0.298. The molecule has 0 aliphatic heterocycles. The number of halogens is 2. The van der Waals surface area contributed by atoms with Crippen LogP contribution in [0.1, 0.15) is 0 Å². The molecule has 2 aromatic heterocycles. The molecule has 2 heterocycles. The maximum absolute atomic E-state index is 12.2. The van der Waals surface area contributed by atoms with Gasteiger partial charge in [0.2, 0.25) is 0 Å². The molecule has 2 nitrogen and oxygen atoms in total. The third kappa shape index (κ3) is 1.82. The van der Waals surface area contributed by atoms with Gasteiger partial charge in [0.05, 0.1) is 11.4 Å². The number of alkyl halides is 2. The van der Waals surface area contributed by atoms with Crippen LogP contribution in [0.5, 0.6) is 0 Å². The average molecular weight is 214 g/mol. The van der Waals surface area contributed by atoms with Crippen molar-refractivity contribution in [1.82, 2.24) is 9.55 Å². The van der Waals surface area contributed by atoms with E-state index in [1.165, 1.54) is 22.1 Å². The summed E-state index contributed by atoms with van der Waals surface area (Å²) in [5.41, 5.74) is 0. The zero-order chi connectivity index (χ0) is 9.97. The Labute approximate surface area is 83.8 Å². The van der Waals surface area contributed by atoms with Gasteiger partial charge in [-0.3, -0.25) is 0 Å². The van der Waals surface area contributed by atoms with Crippen LogP contribution in [0, 0.1) is 0 Å². The van der Waals surface area contributed by atoms with E-state index in [-0.39, 0.29) is 6.54 Å². The lowest BCUT2D eigenvalue weighted by molar-refractivity contribution is 0.127. The zero-order valence-corrected chi connectivity index (χ0v) is 8.05. The molecule has 74 valence electrons. The molecular formula is C9H8F2N2S. The lowest BCUT2D eigenvalue weighted by atomic mass is 10.4. The molecule has 0 spiro atoms. The van der Waals surface area contributed by atoms with Gasteiger partial charge in [-0.05, 0) is 11.4 Å². The van der Waals surface area contributed by atoms with Crippen LogP contribution in [-0.4, -0.2) is 16.0 Å². The number of nitrogens with zero attached hydrogens (tertiary/aromatic N) is 2. The maximum Gasteiger partial charge on any atom is 0.256 e. The van der Waals surface area contributed by atoms with E-state index >= 15 is 0 Å². The van der Waals surface area contributed by atoms with Gasteiger partial charge in [-0.15, -0.1) is 11.3 Å². The van der Waals surface area contributed by atoms with E-state index in [9.17, 15) is 8.78 Å². The second-order valence-corrected chi connectivity index (χ2v) is 3.72. The number of rotatable bonds is 3. The summed E-state index contributed by atoms with van der Waals surface area (Å²) >= 11 is 1.49. The van der Waals surface area contributed by atoms with Crippen LogP contribution in [0.2, 0.25) is 0 Å². The van der Waals surface area contributed by atoms with Crippen molar-refractivity contribution >= 4 is 11.3 Å². The smallest absolute Gasteiger partial charge is 0.256 e. The van der Waals surface area contributed by atoms with E-state index in [4.69, 9.17) is 0 Å². The minimum absolute atomic E-state index is 0.298. The van der Waals surface area contributed by atoms with Crippen molar-refractivity contribution in [2.75, 3.05) is 0 Å². The summed E-state index contributed by atoms with van der Waals surface area (Å²) in [4.78, 5) is 4.96. The zero-order valence-electron chi connectivity index (χ0n) is 7.23. The fourth-order valence-corrected chi connectivity index (χ4v) is 1.97. The van der Waals surface area contributed by atoms with Gasteiger partial charge in [0.15, 0.2) is 0 Å². The summed E-state index contributed by atoms with van der Waals surface area (Å²) in [7, 11) is 0. The average Bonchev–Trinajstić information content (AvgIpc) is 2.70. The Morgan fingerprint density at radius 2 is 2.36 bits per heavy atom. The number of thiophene rings is 1. The molecule has 0 N–H and O–H groups in total. The summed E-state index contributed by atoms with van der Waals surface area (Å²) in [6.07, 6.45) is 0.765. The van der Waals surface area contributed by atoms with Gasteiger partial charge >= 0.3 is 0 Å². The van der Waals surface area contributed by atoms with Crippen LogP contribution < -0.4 is 0 Å². The molecule has 0 atom stereocenters. The first-order valence-corrected chi connectivity index (χ1v) is 4.98. The minimum Gasteiger partial charge on any atom is -0.325 e. The van der Waals surface area contributed by atoms with E-state index in [0.717, 1.165) is 4.88 Å². The van der Waals surface area contributed by atoms with Gasteiger partial charge < -0.3 is 4.57 Å². The summed E-state index contributed by atoms with van der Waals surface area (Å²) in [6, 6.07) is 3.75. The van der Waals surface area contributed by atoms with Gasteiger partial charge in [0, 0.05) is 12.4 Å². The minimum atomic E-state index is -2.34. The van der Waals surface area contributed by atoms with E-state index < -0.39 is 6.43 Å². The molecule has 14 heavy (non-hydrogen) atoms. The Hall–Kier alpha value is -1.23. The number of aromatic nitrogens is 2. The summed E-state index contributed by atoms with van der Waals surface area (Å²) in [5, 5.41) is 1.90. The van der Waals surface area contributed by atoms with Gasteiger partial charge in [-0.1, -0.05) is 6.07 Å². The highest BCUT2D eigenvalue weighted by Gasteiger charge is 2.10. The maximum atomic E-state index is 12.2. The van der Waals surface area contributed by atoms with E-state index in [1.54, 1.807) is 6.20 Å². The predicted molar refractivity (Wildman–Crippen MR) is 51.5 cm³/mol. The van der Waals surface area contributed by atoms with Crippen molar-refractivity contribution in [3.8, 4) is 10.7 Å². The fraction of sp³-hybridized carbons (Fsp3) is 0.222. The quantitative estimate of drug-likeness (QED) is 0.768. The molecule has 0 aromatic carbocycles. The molecule has 5 heteroatoms. The molecule has 0 saturated carbocycles. The Kier molecular flexibility index (Phi) is 2.58. The first kappa shape index (κ1) is 9.33. The Balaban J connectivity index is 2.30. The Morgan fingerprint density at radius 1 is 1.50 bits per heavy atom. The number of hydrogen-bond donors (Lipinski definition) is 0. The molecular weight excluding hydrogens is 206 g/mol. The standard InChI is InChI=1S/C9H8F2N2S/c10-8(11)6-13-4-3-12-9(13)7-2-1-5-14-7/h1-5,8H,6H2. The highest BCUT2D eigenvalue weighted by atomic mass is 32.1. The Bertz CT molecular complexity index is 395. The van der Waals surface area contributed by atoms with Crippen LogP contribution in [-0.2, 0) is 6.54 Å². The predicted octanol–water partition coefficient (Wildman–Crippen LogP) is 2.88. The molecule has 0 fully saturated rings. The van der Waals surface area contributed by atoms with Crippen molar-refractivity contribution in [2.45, 2.75) is 13.0 Å². The third-order valence-corrected chi connectivity index (χ3v) is 2.66. The van der Waals surface area contributed by atoms with E-state index in [2.05, 4.69) is 4.98 Å². The van der Waals surface area contributed by atoms with Crippen LogP contribution in [0.3, 0.4) is 0 Å². The summed E-state index contributed by atoms with van der Waals surface area (Å²) in [5.74, 6) is 0.611. The van der Waals surface area contributed by atoms with E-state index in [1.807, 2.05) is 17.5 Å². The van der Waals surface area contributed by atoms with Gasteiger partial charge in [0.1, 0.15) is 5.82 Å². The number of imidazole rings is 1. The van der Waals surface area contributed by atoms with Crippen molar-refractivity contribution < 1.29 is 8.78 Å². The van der Waals surface area contributed by atoms with Crippen LogP contribution in [0.4, 0.5) is 8.78 Å². The highest BCUT2D eigenvalue weighted by Crippen LogP contribution is 2.23. The normalized spacial score (nSPS) is 11.1. The van der Waals surface area contributed by atoms with Crippen molar-refractivity contribution in [3.05, 3.63) is 29.9 Å². The van der Waals surface area contributed by atoms with Crippen LogP contribution >= 0.6 is 11.3 Å². The largest absolute Gasteiger partial charge is 0.325 e. The third-order valence-electron chi connectivity index (χ3n) is 1.79. The molecule has 0 aliphatic carbocycles. The van der Waals surface area contributed by atoms with Crippen molar-refractivity contribution in [2.24, 2.45) is 0 Å². The summed E-state index contributed by atoms with van der Waals surface area (Å²) < 4.78 is 25.8.